The van der Waals surface area contributed by atoms with Gasteiger partial charge < -0.3 is 14.7 Å². The van der Waals surface area contributed by atoms with Crippen LogP contribution in [0.4, 0.5) is 5.69 Å². The van der Waals surface area contributed by atoms with Crippen molar-refractivity contribution >= 4 is 27.5 Å². The van der Waals surface area contributed by atoms with E-state index >= 15 is 0 Å². The minimum atomic E-state index is -0.386. The average molecular weight is 480 g/mol. The number of aromatic hydroxyl groups is 1. The zero-order valence-electron chi connectivity index (χ0n) is 16.8. The number of hydrogen-bond donors (Lipinski definition) is 3. The Labute approximate surface area is 188 Å². The number of phenols is 1. The second kappa shape index (κ2) is 8.00. The molecule has 2 saturated heterocycles. The number of fused-ring (bicyclic) bond motifs is 1. The zero-order valence-corrected chi connectivity index (χ0v) is 18.4. The number of hydrogen-bond acceptors (Lipinski definition) is 5. The van der Waals surface area contributed by atoms with Gasteiger partial charge in [-0.2, -0.15) is 0 Å². The van der Waals surface area contributed by atoms with Gasteiger partial charge in [-0.3, -0.25) is 4.79 Å². The molecule has 158 valence electrons. The molecule has 0 aliphatic carbocycles. The third-order valence-corrected chi connectivity index (χ3v) is 6.63. The van der Waals surface area contributed by atoms with Crippen molar-refractivity contribution in [3.8, 4) is 11.5 Å². The second-order valence-electron chi connectivity index (χ2n) is 7.82. The quantitative estimate of drug-likeness (QED) is 0.525. The molecule has 7 heteroatoms. The van der Waals surface area contributed by atoms with Crippen LogP contribution in [0.5, 0.6) is 11.5 Å². The fraction of sp³-hybridized carbons (Fsp3) is 0.208. The summed E-state index contributed by atoms with van der Waals surface area (Å²) < 4.78 is 6.25. The second-order valence-corrected chi connectivity index (χ2v) is 8.73. The molecule has 0 bridgehead atoms. The van der Waals surface area contributed by atoms with Crippen molar-refractivity contribution in [2.45, 2.75) is 18.1 Å². The molecule has 2 aliphatic rings. The highest BCUT2D eigenvalue weighted by Crippen LogP contribution is 2.49. The number of carbonyl (C=O) groups is 1. The molecule has 31 heavy (non-hydrogen) atoms. The number of amides is 1. The van der Waals surface area contributed by atoms with Crippen molar-refractivity contribution in [1.29, 1.82) is 0 Å². The molecule has 3 aromatic carbocycles. The monoisotopic (exact) mass is 479 g/mol. The number of ether oxygens (including phenoxy) is 1. The van der Waals surface area contributed by atoms with Crippen LogP contribution in [0.2, 0.25) is 0 Å². The summed E-state index contributed by atoms with van der Waals surface area (Å²) in [5, 5.41) is 10.2. The SMILES string of the molecule is COc1ccc(C2NNC3C(=O)N(c4ccc(Br)cc4)C(c4cccc(O)c4)C32)cc1. The predicted octanol–water partition coefficient (Wildman–Crippen LogP) is 4.09. The lowest BCUT2D eigenvalue weighted by atomic mass is 9.83. The Morgan fingerprint density at radius 3 is 2.32 bits per heavy atom. The van der Waals surface area contributed by atoms with E-state index in [2.05, 4.69) is 26.8 Å². The number of halogens is 1. The van der Waals surface area contributed by atoms with Gasteiger partial charge in [0.05, 0.1) is 19.2 Å². The first kappa shape index (κ1) is 20.1. The first-order valence-electron chi connectivity index (χ1n) is 10.1. The summed E-state index contributed by atoms with van der Waals surface area (Å²) in [4.78, 5) is 15.4. The van der Waals surface area contributed by atoms with Gasteiger partial charge >= 0.3 is 0 Å². The van der Waals surface area contributed by atoms with E-state index in [1.54, 1.807) is 19.2 Å². The van der Waals surface area contributed by atoms with Crippen molar-refractivity contribution in [2.24, 2.45) is 5.92 Å². The molecular weight excluding hydrogens is 458 g/mol. The van der Waals surface area contributed by atoms with E-state index in [-0.39, 0.29) is 35.7 Å². The Kier molecular flexibility index (Phi) is 5.17. The zero-order chi connectivity index (χ0) is 21.5. The summed E-state index contributed by atoms with van der Waals surface area (Å²) in [5.74, 6) is 0.898. The highest BCUT2D eigenvalue weighted by Gasteiger charge is 2.56. The number of methoxy groups -OCH3 is 1. The summed E-state index contributed by atoms with van der Waals surface area (Å²) >= 11 is 3.47. The van der Waals surface area contributed by atoms with E-state index < -0.39 is 0 Å². The van der Waals surface area contributed by atoms with Crippen LogP contribution in [0.15, 0.2) is 77.3 Å². The lowest BCUT2D eigenvalue weighted by Crippen LogP contribution is -2.41. The van der Waals surface area contributed by atoms with Crippen LogP contribution in [-0.4, -0.2) is 24.2 Å². The summed E-state index contributed by atoms with van der Waals surface area (Å²) in [6, 6.07) is 22.1. The van der Waals surface area contributed by atoms with Gasteiger partial charge in [0, 0.05) is 16.1 Å². The molecule has 0 radical (unpaired) electrons. The van der Waals surface area contributed by atoms with Crippen LogP contribution in [0.25, 0.3) is 0 Å². The first-order chi connectivity index (χ1) is 15.1. The molecule has 2 heterocycles. The van der Waals surface area contributed by atoms with E-state index in [9.17, 15) is 9.90 Å². The van der Waals surface area contributed by atoms with E-state index in [0.29, 0.717) is 0 Å². The molecule has 2 fully saturated rings. The van der Waals surface area contributed by atoms with Crippen LogP contribution >= 0.6 is 15.9 Å². The first-order valence-corrected chi connectivity index (χ1v) is 10.9. The molecule has 0 saturated carbocycles. The molecule has 0 aromatic heterocycles. The Morgan fingerprint density at radius 1 is 0.935 bits per heavy atom. The molecule has 4 unspecified atom stereocenters. The van der Waals surface area contributed by atoms with Crippen LogP contribution in [-0.2, 0) is 4.79 Å². The van der Waals surface area contributed by atoms with Crippen molar-refractivity contribution in [2.75, 3.05) is 12.0 Å². The number of carbonyl (C=O) groups excluding carboxylic acids is 1. The maximum Gasteiger partial charge on any atom is 0.246 e. The van der Waals surface area contributed by atoms with Crippen molar-refractivity contribution in [3.05, 3.63) is 88.4 Å². The van der Waals surface area contributed by atoms with Crippen molar-refractivity contribution in [1.82, 2.24) is 10.9 Å². The third kappa shape index (κ3) is 3.48. The maximum atomic E-state index is 13.5. The molecule has 5 rings (SSSR count). The van der Waals surface area contributed by atoms with Crippen molar-refractivity contribution in [3.63, 3.8) is 0 Å². The minimum absolute atomic E-state index is 0.00387. The number of nitrogens with zero attached hydrogens (tertiary/aromatic N) is 1. The fourth-order valence-electron chi connectivity index (χ4n) is 4.70. The van der Waals surface area contributed by atoms with Crippen LogP contribution < -0.4 is 20.5 Å². The Balaban J connectivity index is 1.61. The molecule has 3 aromatic rings. The van der Waals surface area contributed by atoms with Gasteiger partial charge in [-0.05, 0) is 59.7 Å². The van der Waals surface area contributed by atoms with E-state index in [1.165, 1.54) is 0 Å². The van der Waals surface area contributed by atoms with Gasteiger partial charge in [-0.25, -0.2) is 10.9 Å². The van der Waals surface area contributed by atoms with E-state index in [1.807, 2.05) is 65.6 Å². The van der Waals surface area contributed by atoms with Gasteiger partial charge in [0.15, 0.2) is 0 Å². The molecular formula is C24H22BrN3O3. The third-order valence-electron chi connectivity index (χ3n) is 6.10. The number of rotatable bonds is 4. The van der Waals surface area contributed by atoms with Gasteiger partial charge in [-0.1, -0.05) is 40.2 Å². The minimum Gasteiger partial charge on any atom is -0.508 e. The number of anilines is 1. The Hall–Kier alpha value is -2.87. The Bertz CT molecular complexity index is 1100. The lowest BCUT2D eigenvalue weighted by molar-refractivity contribution is -0.119. The molecule has 3 N–H and O–H groups in total. The standard InChI is InChI=1S/C24H22BrN3O3/c1-31-19-11-5-14(6-12-19)21-20-22(27-26-21)24(30)28(17-9-7-16(25)8-10-17)23(20)15-3-2-4-18(29)13-15/h2-13,20-23,26-27,29H,1H3. The van der Waals surface area contributed by atoms with Crippen LogP contribution in [0.3, 0.4) is 0 Å². The van der Waals surface area contributed by atoms with Gasteiger partial charge in [-0.15, -0.1) is 0 Å². The fourth-order valence-corrected chi connectivity index (χ4v) is 4.97. The maximum absolute atomic E-state index is 13.5. The van der Waals surface area contributed by atoms with Gasteiger partial charge in [0.1, 0.15) is 17.5 Å². The molecule has 2 aliphatic heterocycles. The molecule has 0 spiro atoms. The lowest BCUT2D eigenvalue weighted by Gasteiger charge is -2.31. The van der Waals surface area contributed by atoms with Gasteiger partial charge in [0.2, 0.25) is 5.91 Å². The number of nitrogens with one attached hydrogen (secondary N) is 2. The summed E-state index contributed by atoms with van der Waals surface area (Å²) in [6.45, 7) is 0. The Morgan fingerprint density at radius 2 is 1.65 bits per heavy atom. The van der Waals surface area contributed by atoms with Crippen LogP contribution in [0.1, 0.15) is 23.2 Å². The largest absolute Gasteiger partial charge is 0.508 e. The van der Waals surface area contributed by atoms with E-state index in [0.717, 1.165) is 27.0 Å². The van der Waals surface area contributed by atoms with E-state index in [4.69, 9.17) is 4.74 Å². The summed E-state index contributed by atoms with van der Waals surface area (Å²) in [7, 11) is 1.64. The number of benzene rings is 3. The normalized spacial score (nSPS) is 25.0. The predicted molar refractivity (Wildman–Crippen MR) is 122 cm³/mol. The summed E-state index contributed by atoms with van der Waals surface area (Å²) in [5.41, 5.74) is 9.34. The number of hydrazine groups is 1. The van der Waals surface area contributed by atoms with Gasteiger partial charge in [0.25, 0.3) is 0 Å². The molecule has 1 amide bonds. The molecule has 4 atom stereocenters. The molecule has 6 nitrogen and oxygen atoms in total. The highest BCUT2D eigenvalue weighted by atomic mass is 79.9. The smallest absolute Gasteiger partial charge is 0.246 e. The van der Waals surface area contributed by atoms with Crippen molar-refractivity contribution < 1.29 is 14.6 Å². The van der Waals surface area contributed by atoms with Crippen LogP contribution in [0, 0.1) is 5.92 Å². The average Bonchev–Trinajstić information content (AvgIpc) is 3.33. The highest BCUT2D eigenvalue weighted by molar-refractivity contribution is 9.10. The number of phenolic OH excluding ortho intramolecular Hbond substituents is 1. The summed E-state index contributed by atoms with van der Waals surface area (Å²) in [6.07, 6.45) is 0. The topological polar surface area (TPSA) is 73.8 Å².